The van der Waals surface area contributed by atoms with Gasteiger partial charge in [-0.25, -0.2) is 13.1 Å². The minimum Gasteiger partial charge on any atom is -0.486 e. The molecule has 28 heavy (non-hydrogen) atoms. The zero-order valence-electron chi connectivity index (χ0n) is 15.4. The Bertz CT molecular complexity index is 931. The van der Waals surface area contributed by atoms with Crippen molar-refractivity contribution in [2.24, 2.45) is 0 Å². The third-order valence-electron chi connectivity index (χ3n) is 4.66. The van der Waals surface area contributed by atoms with E-state index < -0.39 is 10.0 Å². The Balaban J connectivity index is 1.31. The molecule has 0 amide bonds. The molecule has 9 nitrogen and oxygen atoms in total. The van der Waals surface area contributed by atoms with Gasteiger partial charge in [-0.3, -0.25) is 0 Å². The summed E-state index contributed by atoms with van der Waals surface area (Å²) in [4.78, 5) is 2.41. The number of ether oxygens (including phenoxy) is 2. The van der Waals surface area contributed by atoms with Crippen LogP contribution in [0.15, 0.2) is 35.4 Å². The highest BCUT2D eigenvalue weighted by atomic mass is 32.2. The number of rotatable bonds is 7. The average Bonchev–Trinajstić information content (AvgIpc) is 3.26. The largest absolute Gasteiger partial charge is 0.486 e. The fourth-order valence-electron chi connectivity index (χ4n) is 3.24. The Hall–Kier alpha value is -2.59. The first kappa shape index (κ1) is 18.8. The fourth-order valence-corrected chi connectivity index (χ4v) is 4.29. The van der Waals surface area contributed by atoms with E-state index in [2.05, 4.69) is 25.1 Å². The molecule has 0 saturated carbocycles. The van der Waals surface area contributed by atoms with Crippen molar-refractivity contribution in [3.8, 4) is 11.5 Å². The van der Waals surface area contributed by atoms with Crippen LogP contribution in [0.25, 0.3) is 0 Å². The summed E-state index contributed by atoms with van der Waals surface area (Å²) in [6.45, 7) is 3.53. The number of nitrogens with one attached hydrogen (secondary N) is 2. The first-order chi connectivity index (χ1) is 13.6. The highest BCUT2D eigenvalue weighted by Crippen LogP contribution is 2.32. The molecule has 0 atom stereocenters. The van der Waals surface area contributed by atoms with Crippen molar-refractivity contribution in [1.29, 1.82) is 0 Å². The minimum atomic E-state index is -3.64. The summed E-state index contributed by atoms with van der Waals surface area (Å²) in [5, 5.41) is 11.2. The molecule has 150 valence electrons. The van der Waals surface area contributed by atoms with Crippen LogP contribution in [0.3, 0.4) is 0 Å². The second-order valence-corrected chi connectivity index (χ2v) is 8.39. The molecule has 3 heterocycles. The number of fused-ring (bicyclic) bond motifs is 1. The second kappa shape index (κ2) is 8.19. The predicted octanol–water partition coefficient (Wildman–Crippen LogP) is 1.24. The highest BCUT2D eigenvalue weighted by molar-refractivity contribution is 7.89. The van der Waals surface area contributed by atoms with Gasteiger partial charge in [0.1, 0.15) is 13.2 Å². The summed E-state index contributed by atoms with van der Waals surface area (Å²) in [5.41, 5.74) is 1.03. The smallest absolute Gasteiger partial charge is 0.240 e. The molecule has 1 aromatic carbocycles. The van der Waals surface area contributed by atoms with Crippen molar-refractivity contribution < 1.29 is 17.9 Å². The molecule has 4 rings (SSSR count). The van der Waals surface area contributed by atoms with Gasteiger partial charge in [0.2, 0.25) is 10.0 Å². The Morgan fingerprint density at radius 2 is 1.82 bits per heavy atom. The molecule has 2 aromatic rings. The van der Waals surface area contributed by atoms with E-state index in [4.69, 9.17) is 9.47 Å². The Morgan fingerprint density at radius 3 is 2.64 bits per heavy atom. The summed E-state index contributed by atoms with van der Waals surface area (Å²) in [7, 11) is -3.64. The molecule has 10 heteroatoms. The van der Waals surface area contributed by atoms with E-state index in [1.807, 2.05) is 6.07 Å². The lowest BCUT2D eigenvalue weighted by atomic mass is 10.3. The number of anilines is 2. The monoisotopic (exact) mass is 405 g/mol. The zero-order valence-corrected chi connectivity index (χ0v) is 16.2. The van der Waals surface area contributed by atoms with Gasteiger partial charge in [0.05, 0.1) is 16.8 Å². The number of aromatic nitrogens is 2. The Morgan fingerprint density at radius 1 is 1.04 bits per heavy atom. The van der Waals surface area contributed by atoms with Crippen LogP contribution in [0.4, 0.5) is 11.5 Å². The molecular weight excluding hydrogens is 382 g/mol. The third kappa shape index (κ3) is 4.28. The number of hydrogen-bond acceptors (Lipinski definition) is 8. The molecule has 0 unspecified atom stereocenters. The van der Waals surface area contributed by atoms with E-state index in [1.165, 1.54) is 25.0 Å². The lowest BCUT2D eigenvalue weighted by molar-refractivity contribution is 0.171. The topological polar surface area (TPSA) is 106 Å². The van der Waals surface area contributed by atoms with Crippen molar-refractivity contribution >= 4 is 21.5 Å². The molecule has 1 aromatic heterocycles. The Labute approximate surface area is 164 Å². The average molecular weight is 405 g/mol. The maximum absolute atomic E-state index is 12.5. The summed E-state index contributed by atoms with van der Waals surface area (Å²) in [6, 6.07) is 6.54. The summed E-state index contributed by atoms with van der Waals surface area (Å²) >= 11 is 0. The molecule has 0 spiro atoms. The van der Waals surface area contributed by atoms with E-state index in [0.29, 0.717) is 37.1 Å². The molecular formula is C18H23N5O4S. The molecule has 1 fully saturated rings. The van der Waals surface area contributed by atoms with Gasteiger partial charge in [-0.05, 0) is 25.0 Å². The van der Waals surface area contributed by atoms with E-state index in [-0.39, 0.29) is 11.4 Å². The standard InChI is InChI=1S/C18H23N5O4S/c24-28(25,15-3-4-16-17(12-15)27-10-9-26-16)21-6-5-19-18-11-14(13-20-22-18)23-7-1-2-8-23/h3-4,11-13,21H,1-2,5-10H2,(H,19,22). The molecule has 0 radical (unpaired) electrons. The van der Waals surface area contributed by atoms with Crippen LogP contribution >= 0.6 is 0 Å². The van der Waals surface area contributed by atoms with Crippen molar-refractivity contribution in [3.05, 3.63) is 30.5 Å². The van der Waals surface area contributed by atoms with Gasteiger partial charge < -0.3 is 19.7 Å². The Kier molecular flexibility index (Phi) is 5.49. The maximum Gasteiger partial charge on any atom is 0.240 e. The minimum absolute atomic E-state index is 0.146. The molecule has 2 aliphatic rings. The first-order valence-corrected chi connectivity index (χ1v) is 10.8. The second-order valence-electron chi connectivity index (χ2n) is 6.62. The van der Waals surface area contributed by atoms with Crippen LogP contribution in [0.1, 0.15) is 12.8 Å². The van der Waals surface area contributed by atoms with Gasteiger partial charge in [0.25, 0.3) is 0 Å². The van der Waals surface area contributed by atoms with E-state index in [1.54, 1.807) is 12.3 Å². The van der Waals surface area contributed by atoms with E-state index >= 15 is 0 Å². The molecule has 1 saturated heterocycles. The molecule has 2 N–H and O–H groups in total. The normalized spacial score (nSPS) is 16.2. The highest BCUT2D eigenvalue weighted by Gasteiger charge is 2.19. The van der Waals surface area contributed by atoms with Crippen LogP contribution < -0.4 is 24.4 Å². The first-order valence-electron chi connectivity index (χ1n) is 9.33. The lowest BCUT2D eigenvalue weighted by Crippen LogP contribution is -2.29. The van der Waals surface area contributed by atoms with Crippen LogP contribution in [-0.4, -0.2) is 58.0 Å². The fraction of sp³-hybridized carbons (Fsp3) is 0.444. The van der Waals surface area contributed by atoms with Crippen molar-refractivity contribution in [2.75, 3.05) is 49.6 Å². The molecule has 2 aliphatic heterocycles. The van der Waals surface area contributed by atoms with E-state index in [9.17, 15) is 8.42 Å². The SMILES string of the molecule is O=S(=O)(NCCNc1cc(N2CCCC2)cnn1)c1ccc2c(c1)OCCO2. The summed E-state index contributed by atoms with van der Waals surface area (Å²) < 4.78 is 38.4. The zero-order chi connectivity index (χ0) is 19.4. The quantitative estimate of drug-likeness (QED) is 0.663. The van der Waals surface area contributed by atoms with Crippen LogP contribution in [-0.2, 0) is 10.0 Å². The van der Waals surface area contributed by atoms with Gasteiger partial charge in [0, 0.05) is 38.3 Å². The van der Waals surface area contributed by atoms with Crippen LogP contribution in [0.2, 0.25) is 0 Å². The van der Waals surface area contributed by atoms with Gasteiger partial charge >= 0.3 is 0 Å². The lowest BCUT2D eigenvalue weighted by Gasteiger charge is -2.19. The van der Waals surface area contributed by atoms with Crippen LogP contribution in [0.5, 0.6) is 11.5 Å². The van der Waals surface area contributed by atoms with Crippen molar-refractivity contribution in [1.82, 2.24) is 14.9 Å². The number of nitrogens with zero attached hydrogens (tertiary/aromatic N) is 3. The predicted molar refractivity (Wildman–Crippen MR) is 105 cm³/mol. The van der Waals surface area contributed by atoms with Gasteiger partial charge in [-0.15, -0.1) is 5.10 Å². The number of sulfonamides is 1. The third-order valence-corrected chi connectivity index (χ3v) is 6.12. The molecule has 0 aliphatic carbocycles. The summed E-state index contributed by atoms with van der Waals surface area (Å²) in [5.74, 6) is 1.63. The maximum atomic E-state index is 12.5. The van der Waals surface area contributed by atoms with E-state index in [0.717, 1.165) is 18.8 Å². The molecule has 0 bridgehead atoms. The van der Waals surface area contributed by atoms with Crippen molar-refractivity contribution in [3.63, 3.8) is 0 Å². The van der Waals surface area contributed by atoms with Gasteiger partial charge in [-0.1, -0.05) is 0 Å². The van der Waals surface area contributed by atoms with Gasteiger partial charge in [0.15, 0.2) is 17.3 Å². The van der Waals surface area contributed by atoms with Crippen LogP contribution in [0, 0.1) is 0 Å². The number of benzene rings is 1. The number of hydrogen-bond donors (Lipinski definition) is 2. The van der Waals surface area contributed by atoms with Crippen molar-refractivity contribution in [2.45, 2.75) is 17.7 Å². The summed E-state index contributed by atoms with van der Waals surface area (Å²) in [6.07, 6.45) is 4.13. The van der Waals surface area contributed by atoms with Gasteiger partial charge in [-0.2, -0.15) is 5.10 Å².